The second-order valence-electron chi connectivity index (χ2n) is 6.45. The molecule has 4 nitrogen and oxygen atoms in total. The van der Waals surface area contributed by atoms with Gasteiger partial charge in [0.15, 0.2) is 6.10 Å². The van der Waals surface area contributed by atoms with Crippen LogP contribution in [-0.4, -0.2) is 19.2 Å². The standard InChI is InChI=1S/C24H20N2O2/c1-28-23(19-10-6-3-7-11-19)24(27)26-15-14-25-17-21-16-20(12-13-22(21)26)18-8-4-2-5-9-18/h2-17,23H,1H3. The maximum absolute atomic E-state index is 13.3. The van der Waals surface area contributed by atoms with Crippen molar-refractivity contribution < 1.29 is 9.53 Å². The molecule has 1 aliphatic rings. The summed E-state index contributed by atoms with van der Waals surface area (Å²) in [7, 11) is 1.55. The average molecular weight is 368 g/mol. The van der Waals surface area contributed by atoms with Crippen LogP contribution in [0.15, 0.2) is 96.3 Å². The number of carbonyl (C=O) groups excluding carboxylic acids is 1. The summed E-state index contributed by atoms with van der Waals surface area (Å²) in [6.45, 7) is 0. The third-order valence-corrected chi connectivity index (χ3v) is 4.71. The molecule has 3 aromatic rings. The highest BCUT2D eigenvalue weighted by Gasteiger charge is 2.27. The maximum atomic E-state index is 13.3. The van der Waals surface area contributed by atoms with Crippen molar-refractivity contribution >= 4 is 17.8 Å². The second-order valence-corrected chi connectivity index (χ2v) is 6.45. The fourth-order valence-electron chi connectivity index (χ4n) is 3.32. The summed E-state index contributed by atoms with van der Waals surface area (Å²) in [4.78, 5) is 19.2. The first-order valence-corrected chi connectivity index (χ1v) is 9.08. The lowest BCUT2D eigenvalue weighted by Crippen LogP contribution is -2.32. The molecule has 0 spiro atoms. The van der Waals surface area contributed by atoms with Crippen molar-refractivity contribution in [2.45, 2.75) is 6.10 Å². The van der Waals surface area contributed by atoms with Crippen molar-refractivity contribution in [2.75, 3.05) is 12.0 Å². The Morgan fingerprint density at radius 3 is 2.36 bits per heavy atom. The van der Waals surface area contributed by atoms with Gasteiger partial charge in [-0.15, -0.1) is 0 Å². The molecule has 0 fully saturated rings. The number of carbonyl (C=O) groups is 1. The maximum Gasteiger partial charge on any atom is 0.264 e. The van der Waals surface area contributed by atoms with E-state index < -0.39 is 6.10 Å². The Morgan fingerprint density at radius 1 is 0.929 bits per heavy atom. The number of anilines is 1. The van der Waals surface area contributed by atoms with Crippen LogP contribution in [-0.2, 0) is 9.53 Å². The molecule has 28 heavy (non-hydrogen) atoms. The van der Waals surface area contributed by atoms with Crippen molar-refractivity contribution in [1.29, 1.82) is 0 Å². The Balaban J connectivity index is 1.71. The van der Waals surface area contributed by atoms with Gasteiger partial charge in [-0.05, 0) is 28.8 Å². The number of ether oxygens (including phenoxy) is 1. The highest BCUT2D eigenvalue weighted by molar-refractivity contribution is 6.04. The lowest BCUT2D eigenvalue weighted by Gasteiger charge is -2.25. The predicted octanol–water partition coefficient (Wildman–Crippen LogP) is 4.98. The monoisotopic (exact) mass is 368 g/mol. The average Bonchev–Trinajstić information content (AvgIpc) is 2.97. The fourth-order valence-corrected chi connectivity index (χ4v) is 3.32. The predicted molar refractivity (Wildman–Crippen MR) is 112 cm³/mol. The van der Waals surface area contributed by atoms with Crippen LogP contribution in [0.4, 0.5) is 5.69 Å². The zero-order valence-electron chi connectivity index (χ0n) is 15.5. The largest absolute Gasteiger partial charge is 0.367 e. The summed E-state index contributed by atoms with van der Waals surface area (Å²) in [5, 5.41) is 0. The molecule has 0 N–H and O–H groups in total. The molecule has 0 radical (unpaired) electrons. The van der Waals surface area contributed by atoms with Crippen molar-refractivity contribution in [3.63, 3.8) is 0 Å². The molecule has 0 saturated carbocycles. The molecule has 0 aliphatic carbocycles. The highest BCUT2D eigenvalue weighted by Crippen LogP contribution is 2.31. The van der Waals surface area contributed by atoms with Crippen LogP contribution in [0, 0.1) is 0 Å². The molecule has 1 aliphatic heterocycles. The highest BCUT2D eigenvalue weighted by atomic mass is 16.5. The second kappa shape index (κ2) is 8.03. The SMILES string of the molecule is COC(C(=O)N1C=CN=Cc2cc(-c3ccccc3)ccc21)c1ccccc1. The molecule has 4 heteroatoms. The lowest BCUT2D eigenvalue weighted by molar-refractivity contribution is -0.128. The Labute approximate surface area is 164 Å². The molecular formula is C24H20N2O2. The number of rotatable bonds is 4. The number of aliphatic imine (C=N–C) groups is 1. The molecule has 1 atom stereocenters. The van der Waals surface area contributed by atoms with Gasteiger partial charge in [0.1, 0.15) is 0 Å². The van der Waals surface area contributed by atoms with Gasteiger partial charge in [0.25, 0.3) is 5.91 Å². The van der Waals surface area contributed by atoms with Crippen molar-refractivity contribution in [1.82, 2.24) is 0 Å². The van der Waals surface area contributed by atoms with Gasteiger partial charge in [-0.3, -0.25) is 14.7 Å². The van der Waals surface area contributed by atoms with E-state index in [0.29, 0.717) is 0 Å². The van der Waals surface area contributed by atoms with E-state index in [9.17, 15) is 4.79 Å². The summed E-state index contributed by atoms with van der Waals surface area (Å²) in [5.74, 6) is -0.163. The van der Waals surface area contributed by atoms with Gasteiger partial charge in [-0.25, -0.2) is 0 Å². The van der Waals surface area contributed by atoms with E-state index in [0.717, 1.165) is 27.9 Å². The van der Waals surface area contributed by atoms with Gasteiger partial charge in [0.05, 0.1) is 5.69 Å². The number of nitrogens with zero attached hydrogens (tertiary/aromatic N) is 2. The summed E-state index contributed by atoms with van der Waals surface area (Å²) >= 11 is 0. The number of fused-ring (bicyclic) bond motifs is 1. The van der Waals surface area contributed by atoms with Gasteiger partial charge in [0, 0.05) is 31.3 Å². The molecule has 3 aromatic carbocycles. The zero-order valence-corrected chi connectivity index (χ0v) is 15.5. The summed E-state index contributed by atoms with van der Waals surface area (Å²) in [5.41, 5.74) is 4.66. The van der Waals surface area contributed by atoms with Crippen LogP contribution < -0.4 is 4.90 Å². The molecule has 1 heterocycles. The Bertz CT molecular complexity index is 1030. The minimum atomic E-state index is -0.689. The van der Waals surface area contributed by atoms with Gasteiger partial charge in [-0.2, -0.15) is 0 Å². The van der Waals surface area contributed by atoms with Gasteiger partial charge in [0.2, 0.25) is 0 Å². The van der Waals surface area contributed by atoms with Crippen molar-refractivity contribution in [3.8, 4) is 11.1 Å². The Morgan fingerprint density at radius 2 is 1.64 bits per heavy atom. The fraction of sp³-hybridized carbons (Fsp3) is 0.0833. The quantitative estimate of drug-likeness (QED) is 0.652. The summed E-state index contributed by atoms with van der Waals surface area (Å²) < 4.78 is 5.53. The third-order valence-electron chi connectivity index (χ3n) is 4.71. The summed E-state index contributed by atoms with van der Waals surface area (Å²) in [6.07, 6.45) is 4.39. The molecule has 0 bridgehead atoms. The first-order valence-electron chi connectivity index (χ1n) is 9.08. The van der Waals surface area contributed by atoms with Crippen LogP contribution in [0.5, 0.6) is 0 Å². The van der Waals surface area contributed by atoms with Crippen LogP contribution >= 0.6 is 0 Å². The van der Waals surface area contributed by atoms with Gasteiger partial charge < -0.3 is 4.74 Å². The molecule has 1 amide bonds. The first-order chi connectivity index (χ1) is 13.8. The Kier molecular flexibility index (Phi) is 5.13. The zero-order chi connectivity index (χ0) is 19.3. The van der Waals surface area contributed by atoms with Crippen LogP contribution in [0.1, 0.15) is 17.2 Å². The van der Waals surface area contributed by atoms with Crippen molar-refractivity contribution in [3.05, 3.63) is 102 Å². The van der Waals surface area contributed by atoms with E-state index in [1.165, 1.54) is 0 Å². The minimum Gasteiger partial charge on any atom is -0.367 e. The molecule has 0 aromatic heterocycles. The van der Waals surface area contributed by atoms with Crippen molar-refractivity contribution in [2.24, 2.45) is 4.99 Å². The first kappa shape index (κ1) is 17.9. The molecule has 138 valence electrons. The van der Waals surface area contributed by atoms with E-state index in [-0.39, 0.29) is 5.91 Å². The molecule has 0 saturated heterocycles. The van der Waals surface area contributed by atoms with E-state index in [2.05, 4.69) is 17.1 Å². The lowest BCUT2D eigenvalue weighted by atomic mass is 10.0. The number of methoxy groups -OCH3 is 1. The van der Waals surface area contributed by atoms with E-state index in [4.69, 9.17) is 4.74 Å². The van der Waals surface area contributed by atoms with Crippen LogP contribution in [0.3, 0.4) is 0 Å². The molecule has 1 unspecified atom stereocenters. The van der Waals surface area contributed by atoms with E-state index in [1.54, 1.807) is 30.6 Å². The minimum absolute atomic E-state index is 0.163. The topological polar surface area (TPSA) is 41.9 Å². The van der Waals surface area contributed by atoms with Crippen LogP contribution in [0.25, 0.3) is 11.1 Å². The summed E-state index contributed by atoms with van der Waals surface area (Å²) in [6, 6.07) is 25.7. The smallest absolute Gasteiger partial charge is 0.264 e. The van der Waals surface area contributed by atoms with Gasteiger partial charge >= 0.3 is 0 Å². The number of hydrogen-bond acceptors (Lipinski definition) is 3. The van der Waals surface area contributed by atoms with E-state index in [1.807, 2.05) is 66.7 Å². The normalized spacial score (nSPS) is 13.7. The number of amides is 1. The number of hydrogen-bond donors (Lipinski definition) is 0. The number of benzene rings is 3. The third kappa shape index (κ3) is 3.50. The van der Waals surface area contributed by atoms with Gasteiger partial charge in [-0.1, -0.05) is 66.7 Å². The molecular weight excluding hydrogens is 348 g/mol. The molecule has 4 rings (SSSR count). The Hall–Kier alpha value is -3.50. The van der Waals surface area contributed by atoms with E-state index >= 15 is 0 Å². The van der Waals surface area contributed by atoms with Crippen LogP contribution in [0.2, 0.25) is 0 Å².